The average Bonchev–Trinajstić information content (AvgIpc) is 3.24. The predicted octanol–water partition coefficient (Wildman–Crippen LogP) is 1.82. The van der Waals surface area contributed by atoms with Gasteiger partial charge in [-0.05, 0) is 12.5 Å². The maximum atomic E-state index is 12.7. The Balaban J connectivity index is 1.60. The van der Waals surface area contributed by atoms with Crippen LogP contribution in [0.2, 0.25) is 0 Å². The molecule has 0 radical (unpaired) electrons. The van der Waals surface area contributed by atoms with E-state index in [-0.39, 0.29) is 18.2 Å². The molecule has 0 bridgehead atoms. The van der Waals surface area contributed by atoms with Gasteiger partial charge < -0.3 is 9.88 Å². The minimum atomic E-state index is 0.00924. The van der Waals surface area contributed by atoms with Gasteiger partial charge in [-0.3, -0.25) is 4.79 Å². The molecule has 1 atom stereocenters. The topological polar surface area (TPSA) is 87.9 Å². The summed E-state index contributed by atoms with van der Waals surface area (Å²) in [4.78, 5) is 22.2. The third kappa shape index (κ3) is 2.58. The molecule has 7 heteroatoms. The summed E-state index contributed by atoms with van der Waals surface area (Å²) in [5.41, 5.74) is 4.40. The van der Waals surface area contributed by atoms with Crippen molar-refractivity contribution in [2.75, 3.05) is 6.54 Å². The third-order valence-corrected chi connectivity index (χ3v) is 4.45. The van der Waals surface area contributed by atoms with E-state index in [1.54, 1.807) is 13.3 Å². The Hall–Kier alpha value is -2.96. The smallest absolute Gasteiger partial charge is 0.229 e. The zero-order valence-corrected chi connectivity index (χ0v) is 13.3. The highest BCUT2D eigenvalue weighted by Crippen LogP contribution is 2.31. The highest BCUT2D eigenvalue weighted by molar-refractivity contribution is 5.79. The normalized spacial score (nSPS) is 16.9. The summed E-state index contributed by atoms with van der Waals surface area (Å²) in [5.74, 6) is 0.0802. The fourth-order valence-corrected chi connectivity index (χ4v) is 3.12. The van der Waals surface area contributed by atoms with E-state index in [4.69, 9.17) is 0 Å². The molecule has 122 valence electrons. The molecule has 1 amide bonds. The molecule has 0 aliphatic carbocycles. The van der Waals surface area contributed by atoms with Crippen molar-refractivity contribution in [3.63, 3.8) is 0 Å². The Bertz CT molecular complexity index is 855. The fraction of sp³-hybridized carbons (Fsp3) is 0.294. The lowest BCUT2D eigenvalue weighted by Gasteiger charge is -2.32. The van der Waals surface area contributed by atoms with Crippen LogP contribution in [-0.4, -0.2) is 37.6 Å². The molecule has 3 heterocycles. The van der Waals surface area contributed by atoms with E-state index in [9.17, 15) is 4.79 Å². The van der Waals surface area contributed by atoms with E-state index >= 15 is 0 Å². The summed E-state index contributed by atoms with van der Waals surface area (Å²) in [6.07, 6.45) is 1.89. The van der Waals surface area contributed by atoms with Gasteiger partial charge in [-0.15, -0.1) is 0 Å². The monoisotopic (exact) mass is 323 g/mol. The second-order valence-corrected chi connectivity index (χ2v) is 5.98. The average molecular weight is 323 g/mol. The molecule has 0 saturated heterocycles. The standard InChI is InChI=1S/C17H17N5O2/c1-11-14(21-24-20-11)7-16(23)22-8-13(12-5-3-2-4-6-12)17-15(9-22)18-10-19-17/h2-6,10,13H,7-9H2,1H3,(H,18,19). The fourth-order valence-electron chi connectivity index (χ4n) is 3.12. The van der Waals surface area contributed by atoms with Crippen LogP contribution in [0.4, 0.5) is 0 Å². The molecule has 24 heavy (non-hydrogen) atoms. The van der Waals surface area contributed by atoms with E-state index in [0.29, 0.717) is 24.5 Å². The Morgan fingerprint density at radius 3 is 2.92 bits per heavy atom. The van der Waals surface area contributed by atoms with Gasteiger partial charge >= 0.3 is 0 Å². The molecular weight excluding hydrogens is 306 g/mol. The number of nitrogens with one attached hydrogen (secondary N) is 1. The van der Waals surface area contributed by atoms with Gasteiger partial charge in [0, 0.05) is 12.5 Å². The number of H-pyrrole nitrogens is 1. The lowest BCUT2D eigenvalue weighted by Crippen LogP contribution is -2.39. The number of hydrogen-bond donors (Lipinski definition) is 1. The summed E-state index contributed by atoms with van der Waals surface area (Å²) < 4.78 is 4.68. The van der Waals surface area contributed by atoms with Gasteiger partial charge in [0.25, 0.3) is 0 Å². The molecule has 1 unspecified atom stereocenters. The van der Waals surface area contributed by atoms with Gasteiger partial charge in [0.15, 0.2) is 0 Å². The molecule has 0 spiro atoms. The molecule has 1 N–H and O–H groups in total. The second-order valence-electron chi connectivity index (χ2n) is 5.98. The van der Waals surface area contributed by atoms with Crippen LogP contribution in [0, 0.1) is 6.92 Å². The number of amides is 1. The SMILES string of the molecule is Cc1nonc1CC(=O)N1Cc2[nH]cnc2C(c2ccccc2)C1. The number of carbonyl (C=O) groups is 1. The van der Waals surface area contributed by atoms with Gasteiger partial charge in [-0.1, -0.05) is 40.6 Å². The Kier molecular flexibility index (Phi) is 3.60. The number of aromatic amines is 1. The Morgan fingerprint density at radius 1 is 1.33 bits per heavy atom. The number of aryl methyl sites for hydroxylation is 1. The number of fused-ring (bicyclic) bond motifs is 1. The highest BCUT2D eigenvalue weighted by Gasteiger charge is 2.31. The number of hydrogen-bond acceptors (Lipinski definition) is 5. The number of nitrogens with zero attached hydrogens (tertiary/aromatic N) is 4. The van der Waals surface area contributed by atoms with Gasteiger partial charge in [-0.2, -0.15) is 0 Å². The molecule has 1 aromatic carbocycles. The molecule has 4 rings (SSSR count). The number of carbonyl (C=O) groups excluding carboxylic acids is 1. The quantitative estimate of drug-likeness (QED) is 0.794. The van der Waals surface area contributed by atoms with Gasteiger partial charge in [0.1, 0.15) is 11.4 Å². The maximum absolute atomic E-state index is 12.7. The number of imidazole rings is 1. The van der Waals surface area contributed by atoms with Crippen LogP contribution in [0.15, 0.2) is 41.3 Å². The summed E-state index contributed by atoms with van der Waals surface area (Å²) in [7, 11) is 0. The molecule has 7 nitrogen and oxygen atoms in total. The second kappa shape index (κ2) is 5.92. The van der Waals surface area contributed by atoms with Crippen LogP contribution in [0.3, 0.4) is 0 Å². The number of aromatic nitrogens is 4. The minimum absolute atomic E-state index is 0.00924. The molecule has 1 aliphatic heterocycles. The Labute approximate surface area is 138 Å². The third-order valence-electron chi connectivity index (χ3n) is 4.45. The van der Waals surface area contributed by atoms with Crippen LogP contribution in [0.5, 0.6) is 0 Å². The lowest BCUT2D eigenvalue weighted by molar-refractivity contribution is -0.131. The van der Waals surface area contributed by atoms with Crippen molar-refractivity contribution in [3.8, 4) is 0 Å². The minimum Gasteiger partial charge on any atom is -0.347 e. The lowest BCUT2D eigenvalue weighted by atomic mass is 9.91. The summed E-state index contributed by atoms with van der Waals surface area (Å²) in [6, 6.07) is 10.1. The van der Waals surface area contributed by atoms with E-state index in [2.05, 4.69) is 37.0 Å². The van der Waals surface area contributed by atoms with Crippen molar-refractivity contribution in [1.82, 2.24) is 25.2 Å². The Morgan fingerprint density at radius 2 is 2.17 bits per heavy atom. The number of benzene rings is 1. The van der Waals surface area contributed by atoms with E-state index < -0.39 is 0 Å². The molecule has 0 fully saturated rings. The van der Waals surface area contributed by atoms with Gasteiger partial charge in [0.05, 0.1) is 30.7 Å². The van der Waals surface area contributed by atoms with Crippen molar-refractivity contribution in [2.45, 2.75) is 25.8 Å². The molecular formula is C17H17N5O2. The highest BCUT2D eigenvalue weighted by atomic mass is 16.6. The zero-order chi connectivity index (χ0) is 16.5. The molecule has 2 aromatic heterocycles. The van der Waals surface area contributed by atoms with Crippen LogP contribution >= 0.6 is 0 Å². The first-order valence-electron chi connectivity index (χ1n) is 7.85. The van der Waals surface area contributed by atoms with Crippen molar-refractivity contribution in [3.05, 3.63) is 65.0 Å². The molecule has 0 saturated carbocycles. The first-order valence-corrected chi connectivity index (χ1v) is 7.85. The van der Waals surface area contributed by atoms with Crippen LogP contribution in [0.1, 0.15) is 34.3 Å². The van der Waals surface area contributed by atoms with Gasteiger partial charge in [0.2, 0.25) is 5.91 Å². The van der Waals surface area contributed by atoms with Gasteiger partial charge in [-0.25, -0.2) is 9.61 Å². The van der Waals surface area contributed by atoms with Crippen molar-refractivity contribution in [1.29, 1.82) is 0 Å². The molecule has 1 aliphatic rings. The van der Waals surface area contributed by atoms with Crippen LogP contribution in [0.25, 0.3) is 0 Å². The molecule has 3 aromatic rings. The maximum Gasteiger partial charge on any atom is 0.229 e. The van der Waals surface area contributed by atoms with E-state index in [1.165, 1.54) is 0 Å². The van der Waals surface area contributed by atoms with Crippen molar-refractivity contribution >= 4 is 5.91 Å². The largest absolute Gasteiger partial charge is 0.347 e. The van der Waals surface area contributed by atoms with E-state index in [0.717, 1.165) is 17.0 Å². The number of rotatable bonds is 3. The van der Waals surface area contributed by atoms with E-state index in [1.807, 2.05) is 23.1 Å². The van der Waals surface area contributed by atoms with Crippen LogP contribution in [-0.2, 0) is 17.8 Å². The summed E-state index contributed by atoms with van der Waals surface area (Å²) in [6.45, 7) is 2.92. The summed E-state index contributed by atoms with van der Waals surface area (Å²) >= 11 is 0. The van der Waals surface area contributed by atoms with Crippen molar-refractivity contribution in [2.24, 2.45) is 0 Å². The van der Waals surface area contributed by atoms with Crippen LogP contribution < -0.4 is 0 Å². The zero-order valence-electron chi connectivity index (χ0n) is 13.3. The first-order chi connectivity index (χ1) is 11.7. The predicted molar refractivity (Wildman–Crippen MR) is 85.0 cm³/mol. The first kappa shape index (κ1) is 14.6. The van der Waals surface area contributed by atoms with Crippen molar-refractivity contribution < 1.29 is 9.42 Å². The summed E-state index contributed by atoms with van der Waals surface area (Å²) in [5, 5.41) is 7.54.